The largest absolute Gasteiger partial charge is 0.496 e. The Bertz CT molecular complexity index is 415. The van der Waals surface area contributed by atoms with E-state index >= 15 is 0 Å². The molecule has 1 atom stereocenters. The second-order valence-corrected chi connectivity index (χ2v) is 4.69. The Morgan fingerprint density at radius 2 is 2.33 bits per heavy atom. The fourth-order valence-electron chi connectivity index (χ4n) is 2.14. The highest BCUT2D eigenvalue weighted by Crippen LogP contribution is 2.25. The molecular formula is C15H22N2O. The molecule has 0 aliphatic carbocycles. The van der Waals surface area contributed by atoms with Crippen molar-refractivity contribution in [3.63, 3.8) is 0 Å². The molecule has 3 nitrogen and oxygen atoms in total. The van der Waals surface area contributed by atoms with E-state index in [4.69, 9.17) is 4.74 Å². The lowest BCUT2D eigenvalue weighted by Crippen LogP contribution is -2.27. The standard InChI is InChI=1S/C15H22N2O/c1-3-10-16-15(14-9-4-5-11-18-14)13-8-6-7-12(2)17-13/h6-9,15-16H,3-5,10-11H2,1-2H3. The molecule has 0 bridgehead atoms. The van der Waals surface area contributed by atoms with E-state index in [1.54, 1.807) is 0 Å². The van der Waals surface area contributed by atoms with Crippen LogP contribution in [0.4, 0.5) is 0 Å². The third kappa shape index (κ3) is 3.33. The molecule has 0 fully saturated rings. The van der Waals surface area contributed by atoms with Crippen LogP contribution in [0.15, 0.2) is 30.0 Å². The Morgan fingerprint density at radius 3 is 3.00 bits per heavy atom. The number of rotatable bonds is 5. The van der Waals surface area contributed by atoms with E-state index in [1.807, 2.05) is 13.0 Å². The van der Waals surface area contributed by atoms with Gasteiger partial charge in [-0.3, -0.25) is 4.98 Å². The Kier molecular flexibility index (Phi) is 4.76. The maximum atomic E-state index is 5.79. The molecule has 98 valence electrons. The first kappa shape index (κ1) is 13.1. The summed E-state index contributed by atoms with van der Waals surface area (Å²) in [6.45, 7) is 5.99. The van der Waals surface area contributed by atoms with Crippen molar-refractivity contribution in [1.82, 2.24) is 10.3 Å². The summed E-state index contributed by atoms with van der Waals surface area (Å²) in [5.41, 5.74) is 2.10. The van der Waals surface area contributed by atoms with Crippen LogP contribution < -0.4 is 5.32 Å². The average molecular weight is 246 g/mol. The van der Waals surface area contributed by atoms with Gasteiger partial charge in [0.1, 0.15) is 11.8 Å². The first-order chi connectivity index (χ1) is 8.81. The van der Waals surface area contributed by atoms with Crippen molar-refractivity contribution in [2.75, 3.05) is 13.2 Å². The van der Waals surface area contributed by atoms with E-state index in [1.165, 1.54) is 0 Å². The van der Waals surface area contributed by atoms with Gasteiger partial charge in [0.05, 0.1) is 12.3 Å². The number of pyridine rings is 1. The summed E-state index contributed by atoms with van der Waals surface area (Å²) in [5.74, 6) is 1.04. The fraction of sp³-hybridized carbons (Fsp3) is 0.533. The van der Waals surface area contributed by atoms with Gasteiger partial charge < -0.3 is 10.1 Å². The maximum absolute atomic E-state index is 5.79. The Hall–Kier alpha value is -1.35. The minimum absolute atomic E-state index is 0.102. The smallest absolute Gasteiger partial charge is 0.115 e. The summed E-state index contributed by atoms with van der Waals surface area (Å²) >= 11 is 0. The van der Waals surface area contributed by atoms with Crippen molar-refractivity contribution >= 4 is 0 Å². The Morgan fingerprint density at radius 1 is 1.44 bits per heavy atom. The van der Waals surface area contributed by atoms with E-state index in [-0.39, 0.29) is 6.04 Å². The lowest BCUT2D eigenvalue weighted by Gasteiger charge is -2.24. The predicted octanol–water partition coefficient (Wildman–Crippen LogP) is 3.13. The summed E-state index contributed by atoms with van der Waals surface area (Å²) in [4.78, 5) is 4.62. The molecule has 1 aliphatic heterocycles. The highest BCUT2D eigenvalue weighted by atomic mass is 16.5. The predicted molar refractivity (Wildman–Crippen MR) is 73.3 cm³/mol. The van der Waals surface area contributed by atoms with Gasteiger partial charge in [-0.05, 0) is 50.9 Å². The lowest BCUT2D eigenvalue weighted by molar-refractivity contribution is 0.166. The highest BCUT2D eigenvalue weighted by Gasteiger charge is 2.20. The first-order valence-electron chi connectivity index (χ1n) is 6.81. The molecule has 1 unspecified atom stereocenters. The molecule has 0 spiro atoms. The van der Waals surface area contributed by atoms with Crippen LogP contribution in [0, 0.1) is 6.92 Å². The molecule has 0 radical (unpaired) electrons. The molecule has 2 heterocycles. The van der Waals surface area contributed by atoms with E-state index in [9.17, 15) is 0 Å². The minimum Gasteiger partial charge on any atom is -0.496 e. The normalized spacial score (nSPS) is 16.9. The van der Waals surface area contributed by atoms with Crippen molar-refractivity contribution in [1.29, 1.82) is 0 Å². The van der Waals surface area contributed by atoms with Gasteiger partial charge in [-0.1, -0.05) is 13.0 Å². The molecule has 1 aromatic heterocycles. The van der Waals surface area contributed by atoms with Crippen LogP contribution in [0.2, 0.25) is 0 Å². The van der Waals surface area contributed by atoms with Crippen LogP contribution in [0.1, 0.15) is 43.6 Å². The van der Waals surface area contributed by atoms with Crippen molar-refractivity contribution in [2.45, 2.75) is 39.2 Å². The van der Waals surface area contributed by atoms with Crippen LogP contribution >= 0.6 is 0 Å². The van der Waals surface area contributed by atoms with E-state index in [2.05, 4.69) is 35.4 Å². The fourth-order valence-corrected chi connectivity index (χ4v) is 2.14. The van der Waals surface area contributed by atoms with Crippen LogP contribution in [-0.2, 0) is 4.74 Å². The summed E-state index contributed by atoms with van der Waals surface area (Å²) < 4.78 is 5.79. The van der Waals surface area contributed by atoms with Crippen LogP contribution in [0.3, 0.4) is 0 Å². The number of aryl methyl sites for hydroxylation is 1. The van der Waals surface area contributed by atoms with Gasteiger partial charge in [-0.2, -0.15) is 0 Å². The quantitative estimate of drug-likeness (QED) is 0.866. The third-order valence-corrected chi connectivity index (χ3v) is 3.05. The van der Waals surface area contributed by atoms with Crippen LogP contribution in [0.5, 0.6) is 0 Å². The number of allylic oxidation sites excluding steroid dienone is 1. The van der Waals surface area contributed by atoms with Crippen molar-refractivity contribution in [3.05, 3.63) is 41.4 Å². The lowest BCUT2D eigenvalue weighted by atomic mass is 10.1. The Balaban J connectivity index is 2.21. The molecule has 18 heavy (non-hydrogen) atoms. The van der Waals surface area contributed by atoms with E-state index in [0.29, 0.717) is 0 Å². The third-order valence-electron chi connectivity index (χ3n) is 3.05. The van der Waals surface area contributed by atoms with Crippen molar-refractivity contribution in [3.8, 4) is 0 Å². The maximum Gasteiger partial charge on any atom is 0.115 e. The van der Waals surface area contributed by atoms with Gasteiger partial charge in [-0.15, -0.1) is 0 Å². The van der Waals surface area contributed by atoms with Crippen LogP contribution in [-0.4, -0.2) is 18.1 Å². The highest BCUT2D eigenvalue weighted by molar-refractivity contribution is 5.21. The number of nitrogens with one attached hydrogen (secondary N) is 1. The zero-order chi connectivity index (χ0) is 12.8. The minimum atomic E-state index is 0.102. The first-order valence-corrected chi connectivity index (χ1v) is 6.81. The zero-order valence-electron chi connectivity index (χ0n) is 11.3. The molecule has 2 rings (SSSR count). The second kappa shape index (κ2) is 6.55. The van der Waals surface area contributed by atoms with Gasteiger partial charge in [0.2, 0.25) is 0 Å². The van der Waals surface area contributed by atoms with E-state index in [0.717, 1.165) is 49.6 Å². The molecule has 3 heteroatoms. The molecule has 0 aromatic carbocycles. The summed E-state index contributed by atoms with van der Waals surface area (Å²) in [5, 5.41) is 3.53. The molecule has 0 saturated carbocycles. The number of hydrogen-bond acceptors (Lipinski definition) is 3. The van der Waals surface area contributed by atoms with Crippen molar-refractivity contribution < 1.29 is 4.74 Å². The average Bonchev–Trinajstić information content (AvgIpc) is 2.40. The summed E-state index contributed by atoms with van der Waals surface area (Å²) in [6, 6.07) is 6.25. The zero-order valence-corrected chi connectivity index (χ0v) is 11.3. The summed E-state index contributed by atoms with van der Waals surface area (Å²) in [7, 11) is 0. The van der Waals surface area contributed by atoms with Crippen LogP contribution in [0.25, 0.3) is 0 Å². The monoisotopic (exact) mass is 246 g/mol. The van der Waals surface area contributed by atoms with E-state index < -0.39 is 0 Å². The van der Waals surface area contributed by atoms with Crippen molar-refractivity contribution in [2.24, 2.45) is 0 Å². The number of ether oxygens (including phenoxy) is 1. The molecule has 1 aliphatic rings. The van der Waals surface area contributed by atoms with Gasteiger partial charge in [-0.25, -0.2) is 0 Å². The molecule has 1 aromatic rings. The summed E-state index contributed by atoms with van der Waals surface area (Å²) in [6.07, 6.45) is 5.52. The molecule has 0 saturated heterocycles. The molecule has 0 amide bonds. The SMILES string of the molecule is CCCNC(C1=CCCCO1)c1cccc(C)n1. The molecule has 1 N–H and O–H groups in total. The Labute approximate surface area is 109 Å². The number of hydrogen-bond donors (Lipinski definition) is 1. The van der Waals surface area contributed by atoms with Gasteiger partial charge in [0.25, 0.3) is 0 Å². The molecular weight excluding hydrogens is 224 g/mol. The topological polar surface area (TPSA) is 34.1 Å². The second-order valence-electron chi connectivity index (χ2n) is 4.69. The van der Waals surface area contributed by atoms with Gasteiger partial charge in [0, 0.05) is 5.69 Å². The van der Waals surface area contributed by atoms with Gasteiger partial charge in [0.15, 0.2) is 0 Å². The number of nitrogens with zero attached hydrogens (tertiary/aromatic N) is 1. The van der Waals surface area contributed by atoms with Gasteiger partial charge >= 0.3 is 0 Å². The number of aromatic nitrogens is 1.